The minimum absolute atomic E-state index is 0.221. The van der Waals surface area contributed by atoms with Crippen molar-refractivity contribution < 1.29 is 13.2 Å². The molecule has 2 N–H and O–H groups in total. The van der Waals surface area contributed by atoms with E-state index in [2.05, 4.69) is 15.5 Å². The van der Waals surface area contributed by atoms with E-state index in [0.717, 1.165) is 24.1 Å². The summed E-state index contributed by atoms with van der Waals surface area (Å²) in [6.45, 7) is 2.25. The second-order valence-corrected chi connectivity index (χ2v) is 8.95. The maximum atomic E-state index is 12.9. The van der Waals surface area contributed by atoms with E-state index >= 15 is 0 Å². The molecule has 1 aromatic carbocycles. The number of aryl methyl sites for hydroxylation is 1. The van der Waals surface area contributed by atoms with Crippen LogP contribution in [0.25, 0.3) is 0 Å². The van der Waals surface area contributed by atoms with Crippen LogP contribution < -0.4 is 5.32 Å². The fourth-order valence-corrected chi connectivity index (χ4v) is 5.01. The Hall–Kier alpha value is -2.19. The lowest BCUT2D eigenvalue weighted by molar-refractivity contribution is -0.119. The van der Waals surface area contributed by atoms with Crippen molar-refractivity contribution in [3.8, 4) is 0 Å². The van der Waals surface area contributed by atoms with E-state index < -0.39 is 16.1 Å². The molecule has 138 valence electrons. The summed E-state index contributed by atoms with van der Waals surface area (Å²) in [5.74, 6) is 0.640. The number of nitrogens with zero attached hydrogens (tertiary/aromatic N) is 2. The van der Waals surface area contributed by atoms with Gasteiger partial charge in [-0.2, -0.15) is 9.40 Å². The Labute approximate surface area is 152 Å². The minimum Gasteiger partial charge on any atom is -0.308 e. The van der Waals surface area contributed by atoms with Crippen LogP contribution in [0.5, 0.6) is 0 Å². The summed E-state index contributed by atoms with van der Waals surface area (Å²) in [6, 6.07) is 7.84. The van der Waals surface area contributed by atoms with Crippen LogP contribution in [0.1, 0.15) is 42.9 Å². The highest BCUT2D eigenvalue weighted by Crippen LogP contribution is 2.39. The number of aromatic nitrogens is 2. The molecule has 0 bridgehead atoms. The summed E-state index contributed by atoms with van der Waals surface area (Å²) >= 11 is 0. The summed E-state index contributed by atoms with van der Waals surface area (Å²) in [5, 5.41) is 9.82. The summed E-state index contributed by atoms with van der Waals surface area (Å²) in [4.78, 5) is 12.9. The normalized spacial score (nSPS) is 21.0. The first kappa shape index (κ1) is 17.2. The number of hydrogen-bond acceptors (Lipinski definition) is 4. The zero-order chi connectivity index (χ0) is 18.3. The Morgan fingerprint density at radius 3 is 2.65 bits per heavy atom. The van der Waals surface area contributed by atoms with Crippen molar-refractivity contribution >= 4 is 21.7 Å². The number of nitrogens with one attached hydrogen (secondary N) is 2. The molecule has 1 atom stereocenters. The second-order valence-electron chi connectivity index (χ2n) is 7.06. The van der Waals surface area contributed by atoms with Gasteiger partial charge in [0.1, 0.15) is 6.04 Å². The molecule has 26 heavy (non-hydrogen) atoms. The van der Waals surface area contributed by atoms with E-state index in [1.54, 1.807) is 24.3 Å². The highest BCUT2D eigenvalue weighted by Gasteiger charge is 2.39. The molecule has 2 heterocycles. The van der Waals surface area contributed by atoms with Gasteiger partial charge in [0.15, 0.2) is 5.82 Å². The number of carbonyl (C=O) groups excluding carboxylic acids is 1. The molecule has 1 saturated carbocycles. The lowest BCUT2D eigenvalue weighted by atomic mass is 10.2. The predicted molar refractivity (Wildman–Crippen MR) is 97.3 cm³/mol. The van der Waals surface area contributed by atoms with Crippen LogP contribution in [0.3, 0.4) is 0 Å². The minimum atomic E-state index is -3.70. The lowest BCUT2D eigenvalue weighted by Gasteiger charge is -2.23. The zero-order valence-electron chi connectivity index (χ0n) is 14.6. The molecule has 7 nitrogen and oxygen atoms in total. The van der Waals surface area contributed by atoms with Crippen LogP contribution in [0, 0.1) is 6.92 Å². The van der Waals surface area contributed by atoms with Crippen LogP contribution in [0.4, 0.5) is 5.82 Å². The number of hydrogen-bond donors (Lipinski definition) is 2. The molecular formula is C18H22N4O3S. The van der Waals surface area contributed by atoms with E-state index in [-0.39, 0.29) is 10.8 Å². The van der Waals surface area contributed by atoms with E-state index in [4.69, 9.17) is 0 Å². The summed E-state index contributed by atoms with van der Waals surface area (Å²) in [5.41, 5.74) is 2.01. The first-order chi connectivity index (χ1) is 12.4. The molecule has 4 rings (SSSR count). The first-order valence-electron chi connectivity index (χ1n) is 8.90. The Kier molecular flexibility index (Phi) is 4.32. The highest BCUT2D eigenvalue weighted by atomic mass is 32.2. The maximum Gasteiger partial charge on any atom is 0.244 e. The number of rotatable bonds is 5. The van der Waals surface area contributed by atoms with Gasteiger partial charge >= 0.3 is 0 Å². The van der Waals surface area contributed by atoms with E-state index in [9.17, 15) is 13.2 Å². The van der Waals surface area contributed by atoms with Gasteiger partial charge in [-0.1, -0.05) is 17.7 Å². The van der Waals surface area contributed by atoms with Gasteiger partial charge in [0.2, 0.25) is 15.9 Å². The van der Waals surface area contributed by atoms with Crippen LogP contribution in [0.15, 0.2) is 35.2 Å². The van der Waals surface area contributed by atoms with Crippen molar-refractivity contribution in [1.82, 2.24) is 14.5 Å². The number of H-pyrrole nitrogens is 1. The SMILES string of the molecule is Cc1ccc(S(=O)(=O)N2CCC[C@H]2C(=O)Nc2cc(C3CC3)[nH]n2)cc1. The predicted octanol–water partition coefficient (Wildman–Crippen LogP) is 2.39. The van der Waals surface area contributed by atoms with Crippen molar-refractivity contribution in [2.24, 2.45) is 0 Å². The summed E-state index contributed by atoms with van der Waals surface area (Å²) < 4.78 is 27.2. The van der Waals surface area contributed by atoms with Gasteiger partial charge in [0.05, 0.1) is 4.90 Å². The topological polar surface area (TPSA) is 95.2 Å². The third-order valence-corrected chi connectivity index (χ3v) is 6.92. The third-order valence-electron chi connectivity index (χ3n) is 5.00. The molecule has 2 aromatic rings. The molecular weight excluding hydrogens is 352 g/mol. The van der Waals surface area contributed by atoms with Crippen molar-refractivity contribution in [3.63, 3.8) is 0 Å². The van der Waals surface area contributed by atoms with Gasteiger partial charge in [-0.3, -0.25) is 9.89 Å². The molecule has 8 heteroatoms. The molecule has 1 aliphatic heterocycles. The van der Waals surface area contributed by atoms with Crippen molar-refractivity contribution in [2.45, 2.75) is 49.5 Å². The molecule has 1 aromatic heterocycles. The molecule has 2 aliphatic rings. The van der Waals surface area contributed by atoms with Crippen LogP contribution in [-0.4, -0.2) is 41.4 Å². The van der Waals surface area contributed by atoms with Gasteiger partial charge < -0.3 is 5.32 Å². The number of aromatic amines is 1. The van der Waals surface area contributed by atoms with E-state index in [0.29, 0.717) is 31.1 Å². The van der Waals surface area contributed by atoms with Crippen molar-refractivity contribution in [3.05, 3.63) is 41.6 Å². The lowest BCUT2D eigenvalue weighted by Crippen LogP contribution is -2.43. The van der Waals surface area contributed by atoms with Gasteiger partial charge in [-0.25, -0.2) is 8.42 Å². The van der Waals surface area contributed by atoms with Crippen LogP contribution >= 0.6 is 0 Å². The largest absolute Gasteiger partial charge is 0.308 e. The Bertz CT molecular complexity index is 916. The van der Waals surface area contributed by atoms with Crippen molar-refractivity contribution in [2.75, 3.05) is 11.9 Å². The number of sulfonamides is 1. The smallest absolute Gasteiger partial charge is 0.244 e. The second kappa shape index (κ2) is 6.51. The molecule has 2 fully saturated rings. The highest BCUT2D eigenvalue weighted by molar-refractivity contribution is 7.89. The first-order valence-corrected chi connectivity index (χ1v) is 10.3. The molecule has 1 saturated heterocycles. The van der Waals surface area contributed by atoms with Gasteiger partial charge in [0.25, 0.3) is 0 Å². The number of carbonyl (C=O) groups is 1. The zero-order valence-corrected chi connectivity index (χ0v) is 15.4. The number of anilines is 1. The van der Waals surface area contributed by atoms with Crippen molar-refractivity contribution in [1.29, 1.82) is 0 Å². The van der Waals surface area contributed by atoms with Crippen LogP contribution in [0.2, 0.25) is 0 Å². The molecule has 0 unspecified atom stereocenters. The Morgan fingerprint density at radius 2 is 1.96 bits per heavy atom. The maximum absolute atomic E-state index is 12.9. The fraction of sp³-hybridized carbons (Fsp3) is 0.444. The quantitative estimate of drug-likeness (QED) is 0.840. The number of benzene rings is 1. The average Bonchev–Trinajstić information content (AvgIpc) is 3.15. The molecule has 1 aliphatic carbocycles. The third kappa shape index (κ3) is 3.26. The number of amides is 1. The Morgan fingerprint density at radius 1 is 1.23 bits per heavy atom. The monoisotopic (exact) mass is 374 g/mol. The average molecular weight is 374 g/mol. The standard InChI is InChI=1S/C18H22N4O3S/c1-12-4-8-14(9-5-12)26(24,25)22-10-2-3-16(22)18(23)19-17-11-15(20-21-17)13-6-7-13/h4-5,8-9,11,13,16H,2-3,6-7,10H2,1H3,(H2,19,20,21,23)/t16-/m0/s1. The van der Waals surface area contributed by atoms with E-state index in [1.165, 1.54) is 4.31 Å². The van der Waals surface area contributed by atoms with Gasteiger partial charge in [0, 0.05) is 24.2 Å². The summed E-state index contributed by atoms with van der Waals surface area (Å²) in [6.07, 6.45) is 3.45. The summed E-state index contributed by atoms with van der Waals surface area (Å²) in [7, 11) is -3.70. The van der Waals surface area contributed by atoms with E-state index in [1.807, 2.05) is 13.0 Å². The van der Waals surface area contributed by atoms with Gasteiger partial charge in [-0.15, -0.1) is 0 Å². The molecule has 0 radical (unpaired) electrons. The Balaban J connectivity index is 1.51. The molecule has 0 spiro atoms. The van der Waals surface area contributed by atoms with Gasteiger partial charge in [-0.05, 0) is 44.7 Å². The fourth-order valence-electron chi connectivity index (χ4n) is 3.35. The van der Waals surface area contributed by atoms with Crippen LogP contribution in [-0.2, 0) is 14.8 Å². The molecule has 1 amide bonds.